The highest BCUT2D eigenvalue weighted by Gasteiger charge is 2.29. The van der Waals surface area contributed by atoms with Crippen molar-refractivity contribution in [1.29, 1.82) is 0 Å². The number of halogens is 1. The molecule has 0 bridgehead atoms. The van der Waals surface area contributed by atoms with Crippen molar-refractivity contribution in [1.82, 2.24) is 10.2 Å². The highest BCUT2D eigenvalue weighted by Crippen LogP contribution is 2.05. The van der Waals surface area contributed by atoms with Crippen molar-refractivity contribution in [3.63, 3.8) is 0 Å². The highest BCUT2D eigenvalue weighted by molar-refractivity contribution is 6.28. The summed E-state index contributed by atoms with van der Waals surface area (Å²) in [5.74, 6) is -0.190. The minimum Gasteiger partial charge on any atom is -0.330 e. The van der Waals surface area contributed by atoms with E-state index in [1.54, 1.807) is 4.90 Å². The average molecular weight is 205 g/mol. The number of ketones is 1. The van der Waals surface area contributed by atoms with Crippen LogP contribution in [0.5, 0.6) is 0 Å². The molecule has 0 aromatic carbocycles. The van der Waals surface area contributed by atoms with Crippen LogP contribution in [-0.4, -0.2) is 48.1 Å². The fourth-order valence-electron chi connectivity index (χ4n) is 1.46. The van der Waals surface area contributed by atoms with Crippen LogP contribution < -0.4 is 5.32 Å². The molecule has 0 aromatic heterocycles. The molecule has 1 saturated heterocycles. The van der Waals surface area contributed by atoms with Gasteiger partial charge in [-0.25, -0.2) is 0 Å². The van der Waals surface area contributed by atoms with Crippen molar-refractivity contribution in [2.75, 3.05) is 25.5 Å². The SMILES string of the molecule is CC(=O)N1CCNCC1C(=O)CCl. The molecule has 1 rings (SSSR count). The Balaban J connectivity index is 2.67. The summed E-state index contributed by atoms with van der Waals surface area (Å²) in [4.78, 5) is 24.0. The Morgan fingerprint density at radius 1 is 1.62 bits per heavy atom. The van der Waals surface area contributed by atoms with Gasteiger partial charge in [0.25, 0.3) is 0 Å². The van der Waals surface area contributed by atoms with E-state index in [0.29, 0.717) is 13.1 Å². The maximum absolute atomic E-state index is 11.3. The third-order valence-corrected chi connectivity index (χ3v) is 2.41. The van der Waals surface area contributed by atoms with Crippen molar-refractivity contribution in [3.8, 4) is 0 Å². The molecule has 0 saturated carbocycles. The summed E-state index contributed by atoms with van der Waals surface area (Å²) < 4.78 is 0. The van der Waals surface area contributed by atoms with Gasteiger partial charge >= 0.3 is 0 Å². The first-order valence-electron chi connectivity index (χ1n) is 4.23. The van der Waals surface area contributed by atoms with Crippen LogP contribution in [0.2, 0.25) is 0 Å². The van der Waals surface area contributed by atoms with Crippen molar-refractivity contribution in [3.05, 3.63) is 0 Å². The molecular weight excluding hydrogens is 192 g/mol. The van der Waals surface area contributed by atoms with Gasteiger partial charge in [-0.1, -0.05) is 0 Å². The number of alkyl halides is 1. The molecule has 0 aliphatic carbocycles. The minimum atomic E-state index is -0.372. The van der Waals surface area contributed by atoms with E-state index in [0.717, 1.165) is 6.54 Å². The number of carbonyl (C=O) groups excluding carboxylic acids is 2. The lowest BCUT2D eigenvalue weighted by Crippen LogP contribution is -2.56. The summed E-state index contributed by atoms with van der Waals surface area (Å²) in [5, 5.41) is 3.06. The number of Topliss-reactive ketones (excluding diaryl/α,β-unsaturated/α-hetero) is 1. The van der Waals surface area contributed by atoms with Crippen LogP contribution in [0.25, 0.3) is 0 Å². The molecule has 1 aliphatic rings. The van der Waals surface area contributed by atoms with Crippen LogP contribution in [-0.2, 0) is 9.59 Å². The van der Waals surface area contributed by atoms with Gasteiger partial charge in [0.1, 0.15) is 6.04 Å². The van der Waals surface area contributed by atoms with E-state index in [-0.39, 0.29) is 23.6 Å². The smallest absolute Gasteiger partial charge is 0.220 e. The Bertz CT molecular complexity index is 220. The number of carbonyl (C=O) groups is 2. The van der Waals surface area contributed by atoms with Gasteiger partial charge in [0.2, 0.25) is 5.91 Å². The number of amides is 1. The Hall–Kier alpha value is -0.610. The molecule has 13 heavy (non-hydrogen) atoms. The first kappa shape index (κ1) is 10.5. The second kappa shape index (κ2) is 4.58. The van der Waals surface area contributed by atoms with Gasteiger partial charge in [-0.15, -0.1) is 11.6 Å². The van der Waals surface area contributed by atoms with Crippen molar-refractivity contribution >= 4 is 23.3 Å². The van der Waals surface area contributed by atoms with Crippen molar-refractivity contribution < 1.29 is 9.59 Å². The quantitative estimate of drug-likeness (QED) is 0.624. The Labute approximate surface area is 82.2 Å². The molecule has 4 nitrogen and oxygen atoms in total. The summed E-state index contributed by atoms with van der Waals surface area (Å²) in [7, 11) is 0. The predicted molar refractivity (Wildman–Crippen MR) is 49.8 cm³/mol. The summed E-state index contributed by atoms with van der Waals surface area (Å²) in [6.07, 6.45) is 0. The lowest BCUT2D eigenvalue weighted by Gasteiger charge is -2.34. The molecule has 1 amide bonds. The normalized spacial score (nSPS) is 22.9. The molecule has 5 heteroatoms. The number of rotatable bonds is 2. The van der Waals surface area contributed by atoms with E-state index in [9.17, 15) is 9.59 Å². The summed E-state index contributed by atoms with van der Waals surface area (Å²) in [5.41, 5.74) is 0. The monoisotopic (exact) mass is 204 g/mol. The van der Waals surface area contributed by atoms with Gasteiger partial charge in [0, 0.05) is 26.6 Å². The van der Waals surface area contributed by atoms with E-state index in [4.69, 9.17) is 11.6 Å². The van der Waals surface area contributed by atoms with E-state index in [2.05, 4.69) is 5.32 Å². The predicted octanol–water partition coefficient (Wildman–Crippen LogP) is -0.385. The van der Waals surface area contributed by atoms with Gasteiger partial charge < -0.3 is 10.2 Å². The summed E-state index contributed by atoms with van der Waals surface area (Å²) in [6, 6.07) is -0.372. The molecular formula is C8H13ClN2O2. The molecule has 0 spiro atoms. The second-order valence-corrected chi connectivity index (χ2v) is 3.30. The maximum Gasteiger partial charge on any atom is 0.220 e. The van der Waals surface area contributed by atoms with Crippen molar-refractivity contribution in [2.24, 2.45) is 0 Å². The van der Waals surface area contributed by atoms with Gasteiger partial charge in [-0.05, 0) is 0 Å². The molecule has 0 radical (unpaired) electrons. The fraction of sp³-hybridized carbons (Fsp3) is 0.750. The van der Waals surface area contributed by atoms with E-state index in [1.807, 2.05) is 0 Å². The number of nitrogens with one attached hydrogen (secondary N) is 1. The Morgan fingerprint density at radius 2 is 2.31 bits per heavy atom. The molecule has 1 N–H and O–H groups in total. The van der Waals surface area contributed by atoms with Crippen LogP contribution in [0.1, 0.15) is 6.92 Å². The summed E-state index contributed by atoms with van der Waals surface area (Å²) in [6.45, 7) is 3.32. The molecule has 0 aromatic rings. The molecule has 1 aliphatic heterocycles. The second-order valence-electron chi connectivity index (χ2n) is 3.03. The third-order valence-electron chi connectivity index (χ3n) is 2.15. The van der Waals surface area contributed by atoms with Crippen LogP contribution in [0, 0.1) is 0 Å². The molecule has 1 fully saturated rings. The molecule has 1 heterocycles. The van der Waals surface area contributed by atoms with E-state index < -0.39 is 0 Å². The minimum absolute atomic E-state index is 0.0316. The largest absolute Gasteiger partial charge is 0.330 e. The zero-order valence-corrected chi connectivity index (χ0v) is 8.30. The Kier molecular flexibility index (Phi) is 3.69. The number of hydrogen-bond acceptors (Lipinski definition) is 3. The molecule has 1 atom stereocenters. The van der Waals surface area contributed by atoms with Gasteiger partial charge in [0.05, 0.1) is 5.88 Å². The first-order valence-corrected chi connectivity index (χ1v) is 4.77. The van der Waals surface area contributed by atoms with Crippen LogP contribution in [0.4, 0.5) is 0 Å². The van der Waals surface area contributed by atoms with Crippen LogP contribution in [0.3, 0.4) is 0 Å². The third kappa shape index (κ3) is 2.42. The number of piperazine rings is 1. The first-order chi connectivity index (χ1) is 6.16. The number of hydrogen-bond donors (Lipinski definition) is 1. The maximum atomic E-state index is 11.3. The average Bonchev–Trinajstić information content (AvgIpc) is 2.16. The van der Waals surface area contributed by atoms with E-state index in [1.165, 1.54) is 6.92 Å². The van der Waals surface area contributed by atoms with E-state index >= 15 is 0 Å². The number of nitrogens with zero attached hydrogens (tertiary/aromatic N) is 1. The molecule has 74 valence electrons. The Morgan fingerprint density at radius 3 is 2.85 bits per heavy atom. The standard InChI is InChI=1S/C8H13ClN2O2/c1-6(12)11-3-2-10-5-7(11)8(13)4-9/h7,10H,2-5H2,1H3. The topological polar surface area (TPSA) is 49.4 Å². The summed E-state index contributed by atoms with van der Waals surface area (Å²) >= 11 is 5.44. The fourth-order valence-corrected chi connectivity index (χ4v) is 1.64. The highest BCUT2D eigenvalue weighted by atomic mass is 35.5. The van der Waals surface area contributed by atoms with Gasteiger partial charge in [0.15, 0.2) is 5.78 Å². The van der Waals surface area contributed by atoms with Crippen molar-refractivity contribution in [2.45, 2.75) is 13.0 Å². The lowest BCUT2D eigenvalue weighted by molar-refractivity contribution is -0.138. The van der Waals surface area contributed by atoms with Crippen LogP contribution >= 0.6 is 11.6 Å². The van der Waals surface area contributed by atoms with Gasteiger partial charge in [-0.3, -0.25) is 9.59 Å². The van der Waals surface area contributed by atoms with Crippen LogP contribution in [0.15, 0.2) is 0 Å². The lowest BCUT2D eigenvalue weighted by atomic mass is 10.1. The molecule has 1 unspecified atom stereocenters. The zero-order chi connectivity index (χ0) is 9.84. The zero-order valence-electron chi connectivity index (χ0n) is 7.55. The van der Waals surface area contributed by atoms with Gasteiger partial charge in [-0.2, -0.15) is 0 Å².